The highest BCUT2D eigenvalue weighted by atomic mass is 32.2. The molecule has 0 bridgehead atoms. The highest BCUT2D eigenvalue weighted by Crippen LogP contribution is 2.22. The first-order chi connectivity index (χ1) is 13.2. The first-order valence-electron chi connectivity index (χ1n) is 9.23. The minimum Gasteiger partial charge on any atom is -0.496 e. The highest BCUT2D eigenvalue weighted by Gasteiger charge is 2.22. The molecule has 0 radical (unpaired) electrons. The summed E-state index contributed by atoms with van der Waals surface area (Å²) >= 11 is 0. The Kier molecular flexibility index (Phi) is 7.21. The van der Waals surface area contributed by atoms with Crippen molar-refractivity contribution in [1.29, 1.82) is 0 Å². The Morgan fingerprint density at radius 2 is 1.64 bits per heavy atom. The van der Waals surface area contributed by atoms with Gasteiger partial charge in [0.1, 0.15) is 5.75 Å². The molecule has 0 aliphatic carbocycles. The average Bonchev–Trinajstić information content (AvgIpc) is 2.68. The van der Waals surface area contributed by atoms with Gasteiger partial charge in [-0.1, -0.05) is 31.5 Å². The Hall–Kier alpha value is -2.38. The lowest BCUT2D eigenvalue weighted by molar-refractivity contribution is 0.0784. The van der Waals surface area contributed by atoms with Crippen LogP contribution in [0.2, 0.25) is 0 Å². The zero-order valence-corrected chi connectivity index (χ0v) is 17.9. The van der Waals surface area contributed by atoms with Crippen LogP contribution in [0.3, 0.4) is 0 Å². The van der Waals surface area contributed by atoms with Gasteiger partial charge >= 0.3 is 0 Å². The zero-order chi connectivity index (χ0) is 20.9. The maximum atomic E-state index is 12.8. The summed E-state index contributed by atoms with van der Waals surface area (Å²) in [6.07, 6.45) is 0. The summed E-state index contributed by atoms with van der Waals surface area (Å²) in [5.41, 5.74) is 2.44. The van der Waals surface area contributed by atoms with E-state index >= 15 is 0 Å². The second kappa shape index (κ2) is 9.21. The van der Waals surface area contributed by atoms with Crippen molar-refractivity contribution in [1.82, 2.24) is 9.21 Å². The van der Waals surface area contributed by atoms with E-state index in [4.69, 9.17) is 4.74 Å². The van der Waals surface area contributed by atoms with Crippen LogP contribution in [0.25, 0.3) is 0 Å². The van der Waals surface area contributed by atoms with Crippen LogP contribution in [0.4, 0.5) is 0 Å². The number of hydrogen-bond acceptors (Lipinski definition) is 4. The fraction of sp³-hybridized carbons (Fsp3) is 0.381. The summed E-state index contributed by atoms with van der Waals surface area (Å²) in [4.78, 5) is 14.5. The normalized spacial score (nSPS) is 11.5. The molecule has 2 aromatic carbocycles. The molecule has 0 aliphatic rings. The molecule has 0 spiro atoms. The standard InChI is InChI=1S/C21H28N2O4S/c1-6-23(7-2)28(25,26)19-11-9-17(10-12-19)21(24)22(4)15-18-14-16(3)8-13-20(18)27-5/h8-14H,6-7,15H2,1-5H3. The predicted molar refractivity (Wildman–Crippen MR) is 110 cm³/mol. The highest BCUT2D eigenvalue weighted by molar-refractivity contribution is 7.89. The van der Waals surface area contributed by atoms with Crippen molar-refractivity contribution in [2.75, 3.05) is 27.2 Å². The molecule has 0 aliphatic heterocycles. The van der Waals surface area contributed by atoms with Gasteiger partial charge in [0, 0.05) is 37.8 Å². The van der Waals surface area contributed by atoms with Gasteiger partial charge in [-0.25, -0.2) is 8.42 Å². The largest absolute Gasteiger partial charge is 0.496 e. The van der Waals surface area contributed by atoms with Gasteiger partial charge in [0.2, 0.25) is 10.0 Å². The molecule has 0 fully saturated rings. The van der Waals surface area contributed by atoms with Crippen molar-refractivity contribution in [3.63, 3.8) is 0 Å². The van der Waals surface area contributed by atoms with Crippen LogP contribution in [0, 0.1) is 6.92 Å². The number of sulfonamides is 1. The number of aryl methyl sites for hydroxylation is 1. The molecule has 2 aromatic rings. The van der Waals surface area contributed by atoms with E-state index in [0.29, 0.717) is 25.2 Å². The quantitative estimate of drug-likeness (QED) is 0.677. The topological polar surface area (TPSA) is 66.9 Å². The molecule has 152 valence electrons. The molecule has 0 saturated carbocycles. The number of hydrogen-bond donors (Lipinski definition) is 0. The smallest absolute Gasteiger partial charge is 0.253 e. The lowest BCUT2D eigenvalue weighted by atomic mass is 10.1. The fourth-order valence-corrected chi connectivity index (χ4v) is 4.52. The summed E-state index contributed by atoms with van der Waals surface area (Å²) < 4.78 is 31.9. The fourth-order valence-electron chi connectivity index (χ4n) is 3.06. The van der Waals surface area contributed by atoms with Crippen LogP contribution in [0.5, 0.6) is 5.75 Å². The molecule has 0 heterocycles. The number of benzene rings is 2. The van der Waals surface area contributed by atoms with Crippen LogP contribution in [0.15, 0.2) is 47.4 Å². The lowest BCUT2D eigenvalue weighted by Gasteiger charge is -2.20. The van der Waals surface area contributed by atoms with Crippen molar-refractivity contribution in [3.05, 3.63) is 59.2 Å². The number of ether oxygens (including phenoxy) is 1. The Morgan fingerprint density at radius 1 is 1.04 bits per heavy atom. The third-order valence-corrected chi connectivity index (χ3v) is 6.70. The summed E-state index contributed by atoms with van der Waals surface area (Å²) in [6.45, 7) is 6.78. The zero-order valence-electron chi connectivity index (χ0n) is 17.1. The van der Waals surface area contributed by atoms with Crippen LogP contribution in [-0.4, -0.2) is 50.8 Å². The summed E-state index contributed by atoms with van der Waals surface area (Å²) in [6, 6.07) is 11.9. The summed E-state index contributed by atoms with van der Waals surface area (Å²) in [5.74, 6) is 0.543. The molecular formula is C21H28N2O4S. The Morgan fingerprint density at radius 3 is 2.18 bits per heavy atom. The van der Waals surface area contributed by atoms with Crippen molar-refractivity contribution in [3.8, 4) is 5.75 Å². The van der Waals surface area contributed by atoms with E-state index in [2.05, 4.69) is 0 Å². The molecule has 1 amide bonds. The van der Waals surface area contributed by atoms with E-state index in [1.54, 1.807) is 45.0 Å². The third-order valence-electron chi connectivity index (χ3n) is 4.63. The molecule has 6 nitrogen and oxygen atoms in total. The number of carbonyl (C=O) groups is 1. The van der Waals surface area contributed by atoms with Crippen LogP contribution >= 0.6 is 0 Å². The molecule has 0 atom stereocenters. The van der Waals surface area contributed by atoms with Gasteiger partial charge < -0.3 is 9.64 Å². The van der Waals surface area contributed by atoms with Gasteiger partial charge in [0.15, 0.2) is 0 Å². The SMILES string of the molecule is CCN(CC)S(=O)(=O)c1ccc(C(=O)N(C)Cc2cc(C)ccc2OC)cc1. The molecular weight excluding hydrogens is 376 g/mol. The number of amides is 1. The molecule has 28 heavy (non-hydrogen) atoms. The van der Waals surface area contributed by atoms with E-state index < -0.39 is 10.0 Å². The molecule has 0 aromatic heterocycles. The molecule has 0 unspecified atom stereocenters. The lowest BCUT2D eigenvalue weighted by Crippen LogP contribution is -2.30. The minimum atomic E-state index is -3.53. The second-order valence-electron chi connectivity index (χ2n) is 6.59. The average molecular weight is 405 g/mol. The maximum absolute atomic E-state index is 12.8. The van der Waals surface area contributed by atoms with E-state index in [1.807, 2.05) is 25.1 Å². The summed E-state index contributed by atoms with van der Waals surface area (Å²) in [7, 11) is -0.219. The first-order valence-corrected chi connectivity index (χ1v) is 10.7. The molecule has 0 saturated heterocycles. The minimum absolute atomic E-state index is 0.185. The molecule has 2 rings (SSSR count). The van der Waals surface area contributed by atoms with Crippen LogP contribution in [0.1, 0.15) is 35.3 Å². The van der Waals surface area contributed by atoms with E-state index in [1.165, 1.54) is 16.4 Å². The number of carbonyl (C=O) groups excluding carboxylic acids is 1. The maximum Gasteiger partial charge on any atom is 0.253 e. The van der Waals surface area contributed by atoms with Crippen molar-refractivity contribution in [2.24, 2.45) is 0 Å². The van der Waals surface area contributed by atoms with Crippen LogP contribution in [-0.2, 0) is 16.6 Å². The Bertz CT molecular complexity index is 920. The molecule has 0 N–H and O–H groups in total. The number of nitrogens with zero attached hydrogens (tertiary/aromatic N) is 2. The van der Waals surface area contributed by atoms with Crippen LogP contribution < -0.4 is 4.74 Å². The Balaban J connectivity index is 2.20. The van der Waals surface area contributed by atoms with Gasteiger partial charge in [0.25, 0.3) is 5.91 Å². The van der Waals surface area contributed by atoms with Crippen molar-refractivity contribution >= 4 is 15.9 Å². The van der Waals surface area contributed by atoms with Gasteiger partial charge in [-0.3, -0.25) is 4.79 Å². The van der Waals surface area contributed by atoms with Gasteiger partial charge in [-0.2, -0.15) is 4.31 Å². The number of rotatable bonds is 8. The molecule has 7 heteroatoms. The monoisotopic (exact) mass is 404 g/mol. The summed E-state index contributed by atoms with van der Waals surface area (Å²) in [5, 5.41) is 0. The second-order valence-corrected chi connectivity index (χ2v) is 8.53. The van der Waals surface area contributed by atoms with Gasteiger partial charge in [-0.15, -0.1) is 0 Å². The van der Waals surface area contributed by atoms with E-state index in [-0.39, 0.29) is 10.8 Å². The first kappa shape index (κ1) is 21.9. The Labute approximate surface area is 167 Å². The van der Waals surface area contributed by atoms with Gasteiger partial charge in [0.05, 0.1) is 12.0 Å². The van der Waals surface area contributed by atoms with E-state index in [9.17, 15) is 13.2 Å². The van der Waals surface area contributed by atoms with Crippen molar-refractivity contribution in [2.45, 2.75) is 32.2 Å². The third kappa shape index (κ3) is 4.72. The number of methoxy groups -OCH3 is 1. The predicted octanol–water partition coefficient (Wildman–Crippen LogP) is 3.31. The van der Waals surface area contributed by atoms with E-state index in [0.717, 1.165) is 16.9 Å². The van der Waals surface area contributed by atoms with Crippen molar-refractivity contribution < 1.29 is 17.9 Å². The van der Waals surface area contributed by atoms with Gasteiger partial charge in [-0.05, 0) is 37.3 Å².